The van der Waals surface area contributed by atoms with Crippen LogP contribution in [0.15, 0.2) is 76.8 Å². The number of hydrogen-bond acceptors (Lipinski definition) is 4. The molecule has 3 aromatic rings. The first-order valence-corrected chi connectivity index (χ1v) is 10.3. The van der Waals surface area contributed by atoms with Gasteiger partial charge in [-0.2, -0.15) is 5.26 Å². The Labute approximate surface area is 190 Å². The quantitative estimate of drug-likeness (QED) is 0.340. The molecular weight excluding hydrogens is 456 g/mol. The van der Waals surface area contributed by atoms with E-state index in [0.717, 1.165) is 10.0 Å². The average molecular weight is 477 g/mol. The lowest BCUT2D eigenvalue weighted by molar-refractivity contribution is -0.112. The Morgan fingerprint density at radius 3 is 2.42 bits per heavy atom. The van der Waals surface area contributed by atoms with E-state index in [2.05, 4.69) is 21.2 Å². The molecule has 0 aliphatic rings. The highest BCUT2D eigenvalue weighted by atomic mass is 79.9. The second kappa shape index (κ2) is 10.5. The molecule has 0 bridgehead atoms. The van der Waals surface area contributed by atoms with Gasteiger partial charge in [0, 0.05) is 5.69 Å². The Kier molecular flexibility index (Phi) is 7.47. The normalized spacial score (nSPS) is 10.8. The number of carbonyl (C=O) groups excluding carboxylic acids is 1. The summed E-state index contributed by atoms with van der Waals surface area (Å²) in [6.07, 6.45) is 1.53. The summed E-state index contributed by atoms with van der Waals surface area (Å²) in [7, 11) is 1.57. The van der Waals surface area contributed by atoms with Crippen LogP contribution in [-0.2, 0) is 11.4 Å². The Balaban J connectivity index is 1.62. The molecule has 31 heavy (non-hydrogen) atoms. The third-order valence-corrected chi connectivity index (χ3v) is 5.11. The van der Waals surface area contributed by atoms with Gasteiger partial charge in [-0.05, 0) is 76.5 Å². The van der Waals surface area contributed by atoms with Gasteiger partial charge >= 0.3 is 0 Å². The monoisotopic (exact) mass is 476 g/mol. The lowest BCUT2D eigenvalue weighted by atomic mass is 10.1. The zero-order valence-electron chi connectivity index (χ0n) is 17.2. The number of aryl methyl sites for hydroxylation is 1. The molecule has 1 N–H and O–H groups in total. The second-order valence-electron chi connectivity index (χ2n) is 6.82. The largest absolute Gasteiger partial charge is 0.496 e. The fourth-order valence-corrected chi connectivity index (χ4v) is 3.33. The predicted octanol–water partition coefficient (Wildman–Crippen LogP) is 5.89. The molecular formula is C25H21BrN2O3. The highest BCUT2D eigenvalue weighted by molar-refractivity contribution is 9.10. The van der Waals surface area contributed by atoms with Crippen molar-refractivity contribution in [3.05, 3.63) is 93.5 Å². The molecule has 6 heteroatoms. The van der Waals surface area contributed by atoms with E-state index in [4.69, 9.17) is 9.47 Å². The van der Waals surface area contributed by atoms with Gasteiger partial charge in [-0.3, -0.25) is 4.79 Å². The Morgan fingerprint density at radius 2 is 1.81 bits per heavy atom. The molecule has 0 fully saturated rings. The first-order valence-electron chi connectivity index (χ1n) is 9.53. The van der Waals surface area contributed by atoms with Crippen LogP contribution in [0.5, 0.6) is 11.5 Å². The van der Waals surface area contributed by atoms with Crippen molar-refractivity contribution in [2.75, 3.05) is 12.4 Å². The molecule has 0 saturated heterocycles. The first kappa shape index (κ1) is 22.1. The summed E-state index contributed by atoms with van der Waals surface area (Å²) in [6, 6.07) is 22.4. The first-order chi connectivity index (χ1) is 15.0. The summed E-state index contributed by atoms with van der Waals surface area (Å²) in [5.74, 6) is 0.880. The molecule has 156 valence electrons. The third-order valence-electron chi connectivity index (χ3n) is 4.49. The van der Waals surface area contributed by atoms with Crippen LogP contribution in [-0.4, -0.2) is 13.0 Å². The van der Waals surface area contributed by atoms with E-state index in [0.29, 0.717) is 29.4 Å². The fraction of sp³-hybridized carbons (Fsp3) is 0.120. The molecule has 0 aromatic heterocycles. The number of nitrogens with zero attached hydrogens (tertiary/aromatic N) is 1. The summed E-state index contributed by atoms with van der Waals surface area (Å²) in [5, 5.41) is 12.1. The number of hydrogen-bond donors (Lipinski definition) is 1. The number of carbonyl (C=O) groups is 1. The van der Waals surface area contributed by atoms with Crippen LogP contribution in [0.1, 0.15) is 16.7 Å². The van der Waals surface area contributed by atoms with Crippen molar-refractivity contribution in [3.8, 4) is 17.6 Å². The molecule has 0 heterocycles. The van der Waals surface area contributed by atoms with E-state index < -0.39 is 5.91 Å². The van der Waals surface area contributed by atoms with E-state index in [1.165, 1.54) is 11.6 Å². The van der Waals surface area contributed by atoms with Crippen molar-refractivity contribution < 1.29 is 14.3 Å². The number of nitriles is 1. The van der Waals surface area contributed by atoms with Crippen LogP contribution in [0.25, 0.3) is 6.08 Å². The minimum absolute atomic E-state index is 0.00300. The predicted molar refractivity (Wildman–Crippen MR) is 125 cm³/mol. The molecule has 0 atom stereocenters. The van der Waals surface area contributed by atoms with Crippen LogP contribution >= 0.6 is 15.9 Å². The lowest BCUT2D eigenvalue weighted by Crippen LogP contribution is -2.13. The maximum absolute atomic E-state index is 12.5. The Hall–Kier alpha value is -3.56. The molecule has 0 radical (unpaired) electrons. The maximum atomic E-state index is 12.5. The van der Waals surface area contributed by atoms with Crippen LogP contribution in [0.2, 0.25) is 0 Å². The number of methoxy groups -OCH3 is 1. The molecule has 3 aromatic carbocycles. The van der Waals surface area contributed by atoms with Gasteiger partial charge in [0.05, 0.1) is 11.6 Å². The minimum Gasteiger partial charge on any atom is -0.496 e. The van der Waals surface area contributed by atoms with Gasteiger partial charge in [-0.1, -0.05) is 35.9 Å². The number of ether oxygens (including phenoxy) is 2. The van der Waals surface area contributed by atoms with Crippen LogP contribution in [0.4, 0.5) is 5.69 Å². The molecule has 0 unspecified atom stereocenters. The van der Waals surface area contributed by atoms with Crippen LogP contribution in [0.3, 0.4) is 0 Å². The smallest absolute Gasteiger partial charge is 0.266 e. The third kappa shape index (κ3) is 6.21. The van der Waals surface area contributed by atoms with Gasteiger partial charge in [0.25, 0.3) is 5.91 Å². The summed E-state index contributed by atoms with van der Waals surface area (Å²) in [5.41, 5.74) is 3.56. The highest BCUT2D eigenvalue weighted by Crippen LogP contribution is 2.26. The van der Waals surface area contributed by atoms with Crippen molar-refractivity contribution >= 4 is 33.6 Å². The average Bonchev–Trinajstić information content (AvgIpc) is 2.78. The van der Waals surface area contributed by atoms with Gasteiger partial charge < -0.3 is 14.8 Å². The minimum atomic E-state index is -0.484. The van der Waals surface area contributed by atoms with Gasteiger partial charge in [0.2, 0.25) is 0 Å². The molecule has 1 amide bonds. The van der Waals surface area contributed by atoms with Gasteiger partial charge in [-0.15, -0.1) is 0 Å². The van der Waals surface area contributed by atoms with E-state index in [9.17, 15) is 10.1 Å². The number of amides is 1. The number of nitrogens with one attached hydrogen (secondary N) is 1. The summed E-state index contributed by atoms with van der Waals surface area (Å²) in [4.78, 5) is 12.5. The molecule has 3 rings (SSSR count). The zero-order valence-corrected chi connectivity index (χ0v) is 18.8. The second-order valence-corrected chi connectivity index (χ2v) is 7.67. The van der Waals surface area contributed by atoms with Crippen LogP contribution in [0, 0.1) is 18.3 Å². The van der Waals surface area contributed by atoms with E-state index in [1.54, 1.807) is 49.6 Å². The number of benzene rings is 3. The van der Waals surface area contributed by atoms with Crippen molar-refractivity contribution in [1.29, 1.82) is 5.26 Å². The number of halogens is 1. The maximum Gasteiger partial charge on any atom is 0.266 e. The molecule has 0 saturated carbocycles. The number of anilines is 1. The Morgan fingerprint density at radius 1 is 1.10 bits per heavy atom. The van der Waals surface area contributed by atoms with Crippen molar-refractivity contribution in [2.45, 2.75) is 13.5 Å². The standard InChI is InChI=1S/C25H21BrN2O3/c1-17-3-5-18(6-4-17)16-31-22-10-8-21(9-11-22)28-25(29)20(15-27)13-19-7-12-24(30-2)23(26)14-19/h3-14H,16H2,1-2H3,(H,28,29)/b20-13+. The Bertz CT molecular complexity index is 1130. The van der Waals surface area contributed by atoms with Crippen molar-refractivity contribution in [2.24, 2.45) is 0 Å². The van der Waals surface area contributed by atoms with Gasteiger partial charge in [0.1, 0.15) is 29.7 Å². The van der Waals surface area contributed by atoms with E-state index in [-0.39, 0.29) is 5.57 Å². The highest BCUT2D eigenvalue weighted by Gasteiger charge is 2.10. The van der Waals surface area contributed by atoms with Gasteiger partial charge in [-0.25, -0.2) is 0 Å². The molecule has 0 aliphatic carbocycles. The molecule has 5 nitrogen and oxygen atoms in total. The van der Waals surface area contributed by atoms with Gasteiger partial charge in [0.15, 0.2) is 0 Å². The topological polar surface area (TPSA) is 71.3 Å². The summed E-state index contributed by atoms with van der Waals surface area (Å²) in [6.45, 7) is 2.51. The number of rotatable bonds is 7. The lowest BCUT2D eigenvalue weighted by Gasteiger charge is -2.09. The van der Waals surface area contributed by atoms with E-state index >= 15 is 0 Å². The summed E-state index contributed by atoms with van der Waals surface area (Å²) < 4.78 is 11.7. The summed E-state index contributed by atoms with van der Waals surface area (Å²) >= 11 is 3.40. The van der Waals surface area contributed by atoms with Crippen LogP contribution < -0.4 is 14.8 Å². The van der Waals surface area contributed by atoms with Crippen molar-refractivity contribution in [1.82, 2.24) is 0 Å². The zero-order chi connectivity index (χ0) is 22.2. The van der Waals surface area contributed by atoms with Crippen molar-refractivity contribution in [3.63, 3.8) is 0 Å². The fourth-order valence-electron chi connectivity index (χ4n) is 2.77. The molecule has 0 spiro atoms. The van der Waals surface area contributed by atoms with E-state index in [1.807, 2.05) is 37.3 Å². The molecule has 0 aliphatic heterocycles. The SMILES string of the molecule is COc1ccc(/C=C(\C#N)C(=O)Nc2ccc(OCc3ccc(C)cc3)cc2)cc1Br.